The van der Waals surface area contributed by atoms with Gasteiger partial charge >= 0.3 is 0 Å². The van der Waals surface area contributed by atoms with Gasteiger partial charge in [0.25, 0.3) is 10.0 Å². The highest BCUT2D eigenvalue weighted by atomic mass is 32.2. The van der Waals surface area contributed by atoms with Crippen molar-refractivity contribution in [1.29, 1.82) is 0 Å². The number of nitrogens with one attached hydrogen (secondary N) is 1. The van der Waals surface area contributed by atoms with Crippen LogP contribution in [0.4, 0.5) is 20.2 Å². The predicted octanol–water partition coefficient (Wildman–Crippen LogP) is 2.96. The molecular formula is C14H14F2N2O2S. The number of anilines is 2. The van der Waals surface area contributed by atoms with Crippen LogP contribution in [0.1, 0.15) is 11.1 Å². The zero-order valence-electron chi connectivity index (χ0n) is 11.4. The molecule has 0 atom stereocenters. The second-order valence-corrected chi connectivity index (χ2v) is 6.37. The highest BCUT2D eigenvalue weighted by Crippen LogP contribution is 2.24. The first-order valence-electron chi connectivity index (χ1n) is 6.05. The number of nitrogens with two attached hydrogens (primary N) is 1. The first kappa shape index (κ1) is 15.2. The molecule has 0 radical (unpaired) electrons. The Hall–Kier alpha value is -2.15. The predicted molar refractivity (Wildman–Crippen MR) is 77.5 cm³/mol. The highest BCUT2D eigenvalue weighted by molar-refractivity contribution is 7.92. The van der Waals surface area contributed by atoms with E-state index in [9.17, 15) is 17.2 Å². The maximum Gasteiger partial charge on any atom is 0.262 e. The van der Waals surface area contributed by atoms with Gasteiger partial charge in [-0.1, -0.05) is 0 Å². The molecule has 2 aromatic rings. The summed E-state index contributed by atoms with van der Waals surface area (Å²) in [5.41, 5.74) is 6.45. The van der Waals surface area contributed by atoms with Crippen LogP contribution in [0.5, 0.6) is 0 Å². The summed E-state index contributed by atoms with van der Waals surface area (Å²) in [7, 11) is -4.00. The van der Waals surface area contributed by atoms with Crippen molar-refractivity contribution in [2.45, 2.75) is 18.7 Å². The molecule has 0 aliphatic heterocycles. The van der Waals surface area contributed by atoms with Crippen LogP contribution in [0.3, 0.4) is 0 Å². The van der Waals surface area contributed by atoms with Gasteiger partial charge in [-0.2, -0.15) is 0 Å². The van der Waals surface area contributed by atoms with Gasteiger partial charge in [0.15, 0.2) is 0 Å². The van der Waals surface area contributed by atoms with E-state index < -0.39 is 21.7 Å². The van der Waals surface area contributed by atoms with Crippen molar-refractivity contribution >= 4 is 21.4 Å². The number of rotatable bonds is 3. The van der Waals surface area contributed by atoms with Gasteiger partial charge in [0, 0.05) is 11.3 Å². The van der Waals surface area contributed by atoms with E-state index >= 15 is 0 Å². The number of hydrogen-bond donors (Lipinski definition) is 2. The van der Waals surface area contributed by atoms with Crippen molar-refractivity contribution in [2.24, 2.45) is 0 Å². The van der Waals surface area contributed by atoms with Crippen LogP contribution >= 0.6 is 0 Å². The molecule has 21 heavy (non-hydrogen) atoms. The van der Waals surface area contributed by atoms with Crippen molar-refractivity contribution in [2.75, 3.05) is 10.5 Å². The molecule has 0 amide bonds. The number of benzene rings is 2. The number of hydrogen-bond acceptors (Lipinski definition) is 3. The van der Waals surface area contributed by atoms with Gasteiger partial charge in [-0.05, 0) is 49.7 Å². The Labute approximate surface area is 121 Å². The Morgan fingerprint density at radius 1 is 1.10 bits per heavy atom. The first-order valence-corrected chi connectivity index (χ1v) is 7.53. The molecule has 0 aliphatic carbocycles. The first-order chi connectivity index (χ1) is 9.70. The zero-order chi connectivity index (χ0) is 15.8. The third-order valence-electron chi connectivity index (χ3n) is 3.10. The Morgan fingerprint density at radius 3 is 2.33 bits per heavy atom. The SMILES string of the molecule is Cc1cc(F)ccc1NS(=O)(=O)c1cc(N)c(C)c(F)c1. The molecule has 3 N–H and O–H groups in total. The van der Waals surface area contributed by atoms with Crippen LogP contribution in [0, 0.1) is 25.5 Å². The molecule has 0 aromatic heterocycles. The van der Waals surface area contributed by atoms with Crippen molar-refractivity contribution in [1.82, 2.24) is 0 Å². The van der Waals surface area contributed by atoms with Crippen LogP contribution in [0.15, 0.2) is 35.2 Å². The molecule has 0 fully saturated rings. The third-order valence-corrected chi connectivity index (χ3v) is 4.45. The van der Waals surface area contributed by atoms with Gasteiger partial charge in [0.05, 0.1) is 10.6 Å². The molecule has 2 rings (SSSR count). The minimum absolute atomic E-state index is 0.0474. The topological polar surface area (TPSA) is 72.2 Å². The maximum absolute atomic E-state index is 13.6. The molecule has 7 heteroatoms. The maximum atomic E-state index is 13.6. The summed E-state index contributed by atoms with van der Waals surface area (Å²) in [4.78, 5) is -0.285. The lowest BCUT2D eigenvalue weighted by atomic mass is 10.2. The fourth-order valence-corrected chi connectivity index (χ4v) is 2.95. The lowest BCUT2D eigenvalue weighted by Crippen LogP contribution is -2.15. The molecule has 0 unspecified atom stereocenters. The zero-order valence-corrected chi connectivity index (χ0v) is 12.3. The minimum Gasteiger partial charge on any atom is -0.398 e. The Kier molecular flexibility index (Phi) is 3.87. The van der Waals surface area contributed by atoms with Crippen molar-refractivity contribution in [3.05, 3.63) is 53.1 Å². The Bertz CT molecular complexity index is 782. The van der Waals surface area contributed by atoms with Crippen LogP contribution in [-0.2, 0) is 10.0 Å². The molecule has 0 saturated heterocycles. The molecule has 0 bridgehead atoms. The van der Waals surface area contributed by atoms with E-state index in [1.165, 1.54) is 25.1 Å². The van der Waals surface area contributed by atoms with Gasteiger partial charge in [-0.15, -0.1) is 0 Å². The quantitative estimate of drug-likeness (QED) is 0.856. The standard InChI is InChI=1S/C14H14F2N2O2S/c1-8-5-10(15)3-4-14(8)18-21(19,20)11-6-12(16)9(2)13(17)7-11/h3-7,18H,17H2,1-2H3. The Morgan fingerprint density at radius 2 is 1.76 bits per heavy atom. The van der Waals surface area contributed by atoms with E-state index in [0.717, 1.165) is 12.1 Å². The molecule has 112 valence electrons. The summed E-state index contributed by atoms with van der Waals surface area (Å²) in [5, 5.41) is 0. The van der Waals surface area contributed by atoms with E-state index in [4.69, 9.17) is 5.73 Å². The number of nitrogen functional groups attached to an aromatic ring is 1. The summed E-state index contributed by atoms with van der Waals surface area (Å²) in [5.74, 6) is -1.17. The fraction of sp³-hybridized carbons (Fsp3) is 0.143. The molecular weight excluding hydrogens is 298 g/mol. The molecule has 0 heterocycles. The van der Waals surface area contributed by atoms with Gasteiger partial charge in [-0.3, -0.25) is 4.72 Å². The van der Waals surface area contributed by atoms with Crippen molar-refractivity contribution < 1.29 is 17.2 Å². The van der Waals surface area contributed by atoms with Crippen molar-refractivity contribution in [3.8, 4) is 0 Å². The summed E-state index contributed by atoms with van der Waals surface area (Å²) >= 11 is 0. The second-order valence-electron chi connectivity index (χ2n) is 4.68. The largest absolute Gasteiger partial charge is 0.398 e. The summed E-state index contributed by atoms with van der Waals surface area (Å²) in [6.45, 7) is 3.02. The number of sulfonamides is 1. The van der Waals surface area contributed by atoms with Crippen molar-refractivity contribution in [3.63, 3.8) is 0 Å². The van der Waals surface area contributed by atoms with Crippen LogP contribution < -0.4 is 10.5 Å². The summed E-state index contributed by atoms with van der Waals surface area (Å²) < 4.78 is 53.4. The molecule has 2 aromatic carbocycles. The van der Waals surface area contributed by atoms with Crippen LogP contribution in [0.25, 0.3) is 0 Å². The average Bonchev–Trinajstić information content (AvgIpc) is 2.38. The Balaban J connectivity index is 2.43. The third kappa shape index (κ3) is 3.13. The number of halogens is 2. The van der Waals surface area contributed by atoms with Crippen LogP contribution in [-0.4, -0.2) is 8.42 Å². The van der Waals surface area contributed by atoms with Gasteiger partial charge in [-0.25, -0.2) is 17.2 Å². The molecule has 0 spiro atoms. The lowest BCUT2D eigenvalue weighted by molar-refractivity contribution is 0.593. The van der Waals surface area contributed by atoms with Gasteiger partial charge in [0.2, 0.25) is 0 Å². The smallest absolute Gasteiger partial charge is 0.262 e. The van der Waals surface area contributed by atoms with Gasteiger partial charge < -0.3 is 5.73 Å². The monoisotopic (exact) mass is 312 g/mol. The van der Waals surface area contributed by atoms with E-state index in [0.29, 0.717) is 5.56 Å². The van der Waals surface area contributed by atoms with E-state index in [-0.39, 0.29) is 21.8 Å². The van der Waals surface area contributed by atoms with E-state index in [1.807, 2.05) is 0 Å². The molecule has 0 saturated carbocycles. The normalized spacial score (nSPS) is 11.4. The number of aryl methyl sites for hydroxylation is 1. The summed E-state index contributed by atoms with van der Waals surface area (Å²) in [6, 6.07) is 5.71. The second kappa shape index (κ2) is 5.33. The van der Waals surface area contributed by atoms with E-state index in [1.54, 1.807) is 6.92 Å². The summed E-state index contributed by atoms with van der Waals surface area (Å²) in [6.07, 6.45) is 0. The van der Waals surface area contributed by atoms with Gasteiger partial charge in [0.1, 0.15) is 11.6 Å². The fourth-order valence-electron chi connectivity index (χ4n) is 1.77. The average molecular weight is 312 g/mol. The van der Waals surface area contributed by atoms with E-state index in [2.05, 4.69) is 4.72 Å². The van der Waals surface area contributed by atoms with Crippen LogP contribution in [0.2, 0.25) is 0 Å². The highest BCUT2D eigenvalue weighted by Gasteiger charge is 2.18. The molecule has 0 aliphatic rings. The minimum atomic E-state index is -4.00. The lowest BCUT2D eigenvalue weighted by Gasteiger charge is -2.12. The molecule has 4 nitrogen and oxygen atoms in total.